The Morgan fingerprint density at radius 1 is 1.09 bits per heavy atom. The fourth-order valence-electron chi connectivity index (χ4n) is 3.33. The predicted molar refractivity (Wildman–Crippen MR) is 124 cm³/mol. The van der Waals surface area contributed by atoms with Gasteiger partial charge in [0.05, 0.1) is 11.1 Å². The van der Waals surface area contributed by atoms with Crippen molar-refractivity contribution in [3.63, 3.8) is 0 Å². The first-order chi connectivity index (χ1) is 15.8. The third kappa shape index (κ3) is 5.48. The van der Waals surface area contributed by atoms with Crippen molar-refractivity contribution in [1.82, 2.24) is 20.0 Å². The predicted octanol–water partition coefficient (Wildman–Crippen LogP) is 2.72. The summed E-state index contributed by atoms with van der Waals surface area (Å²) in [6, 6.07) is 18.6. The smallest absolute Gasteiger partial charge is 0.250 e. The van der Waals surface area contributed by atoms with E-state index in [1.807, 2.05) is 43.3 Å². The zero-order chi connectivity index (χ0) is 23.4. The first-order valence-corrected chi connectivity index (χ1v) is 11.7. The lowest BCUT2D eigenvalue weighted by molar-refractivity contribution is -0.119. The van der Waals surface area contributed by atoms with E-state index in [4.69, 9.17) is 5.14 Å². The van der Waals surface area contributed by atoms with Gasteiger partial charge in [0.2, 0.25) is 10.0 Å². The molecule has 0 aliphatic carbocycles. The molecule has 33 heavy (non-hydrogen) atoms. The number of nitrogens with zero attached hydrogens (tertiary/aromatic N) is 4. The largest absolute Gasteiger partial charge is 0.309 e. The van der Waals surface area contributed by atoms with Crippen molar-refractivity contribution in [2.24, 2.45) is 5.14 Å². The van der Waals surface area contributed by atoms with Crippen LogP contribution in [0.15, 0.2) is 84.0 Å². The van der Waals surface area contributed by atoms with Crippen molar-refractivity contribution in [2.75, 3.05) is 5.32 Å². The summed E-state index contributed by atoms with van der Waals surface area (Å²) in [5, 5.41) is 16.4. The van der Waals surface area contributed by atoms with E-state index in [0.29, 0.717) is 23.5 Å². The van der Waals surface area contributed by atoms with Crippen molar-refractivity contribution in [3.05, 3.63) is 90.3 Å². The summed E-state index contributed by atoms with van der Waals surface area (Å²) in [4.78, 5) is 17.4. The quantitative estimate of drug-likeness (QED) is 0.434. The maximum atomic E-state index is 13.2. The number of benzene rings is 2. The second-order valence-electron chi connectivity index (χ2n) is 7.57. The molecule has 1 atom stereocenters. The third-order valence-corrected chi connectivity index (χ3v) is 5.98. The molecule has 2 aromatic heterocycles. The number of rotatable bonds is 7. The van der Waals surface area contributed by atoms with E-state index < -0.39 is 16.1 Å². The second kappa shape index (κ2) is 9.31. The first kappa shape index (κ1) is 22.3. The highest BCUT2D eigenvalue weighted by atomic mass is 32.2. The summed E-state index contributed by atoms with van der Waals surface area (Å²) in [6.07, 6.45) is 3.68. The van der Waals surface area contributed by atoms with Crippen LogP contribution in [0.3, 0.4) is 0 Å². The van der Waals surface area contributed by atoms with Gasteiger partial charge in [-0.05, 0) is 42.3 Å². The van der Waals surface area contributed by atoms with Gasteiger partial charge in [0.15, 0.2) is 0 Å². The van der Waals surface area contributed by atoms with Crippen LogP contribution in [0.2, 0.25) is 0 Å². The first-order valence-electron chi connectivity index (χ1n) is 10.1. The molecule has 3 N–H and O–H groups in total. The highest BCUT2D eigenvalue weighted by molar-refractivity contribution is 7.89. The highest BCUT2D eigenvalue weighted by Crippen LogP contribution is 2.22. The van der Waals surface area contributed by atoms with Crippen LogP contribution in [-0.2, 0) is 21.2 Å². The third-order valence-electron chi connectivity index (χ3n) is 5.05. The lowest BCUT2D eigenvalue weighted by Crippen LogP contribution is -2.28. The monoisotopic (exact) mass is 462 g/mol. The van der Waals surface area contributed by atoms with E-state index in [0.717, 1.165) is 11.1 Å². The van der Waals surface area contributed by atoms with Crippen LogP contribution in [0.25, 0.3) is 11.3 Å². The van der Waals surface area contributed by atoms with Gasteiger partial charge in [0.1, 0.15) is 17.6 Å². The van der Waals surface area contributed by atoms with Crippen molar-refractivity contribution in [3.8, 4) is 11.3 Å². The fraction of sp³-hybridized carbons (Fsp3) is 0.130. The van der Waals surface area contributed by atoms with Gasteiger partial charge in [0.25, 0.3) is 5.91 Å². The van der Waals surface area contributed by atoms with Crippen LogP contribution in [0.4, 0.5) is 5.82 Å². The molecular formula is C23H22N6O3S. The van der Waals surface area contributed by atoms with E-state index in [1.54, 1.807) is 30.6 Å². The molecule has 0 aliphatic heterocycles. The number of pyridine rings is 1. The van der Waals surface area contributed by atoms with Crippen LogP contribution in [0.5, 0.6) is 0 Å². The van der Waals surface area contributed by atoms with E-state index in [9.17, 15) is 13.2 Å². The SMILES string of the molecule is Cc1ccnc(NC(=O)C(Cc2ccccc2)n2cc(-c3ccc(S(N)(=O)=O)cc3)nn2)c1. The number of aryl methyl sites for hydroxylation is 1. The fourth-order valence-corrected chi connectivity index (χ4v) is 3.85. The Labute approximate surface area is 191 Å². The van der Waals surface area contributed by atoms with Gasteiger partial charge >= 0.3 is 0 Å². The van der Waals surface area contributed by atoms with Crippen LogP contribution >= 0.6 is 0 Å². The topological polar surface area (TPSA) is 133 Å². The molecule has 0 saturated carbocycles. The molecule has 1 amide bonds. The summed E-state index contributed by atoms with van der Waals surface area (Å²) in [6.45, 7) is 1.92. The number of carbonyl (C=O) groups is 1. The zero-order valence-corrected chi connectivity index (χ0v) is 18.6. The normalized spacial score (nSPS) is 12.3. The Morgan fingerprint density at radius 3 is 2.48 bits per heavy atom. The Kier molecular flexibility index (Phi) is 6.29. The van der Waals surface area contributed by atoms with Gasteiger partial charge in [-0.25, -0.2) is 23.2 Å². The number of amides is 1. The highest BCUT2D eigenvalue weighted by Gasteiger charge is 2.24. The standard InChI is InChI=1S/C23H22N6O3S/c1-16-11-12-25-22(13-16)26-23(30)21(14-17-5-3-2-4-6-17)29-15-20(27-28-29)18-7-9-19(10-8-18)33(24,31)32/h2-13,15,21H,14H2,1H3,(H2,24,31,32)(H,25,26,30). The maximum absolute atomic E-state index is 13.2. The van der Waals surface area contributed by atoms with Crippen molar-refractivity contribution in [1.29, 1.82) is 0 Å². The molecule has 0 radical (unpaired) electrons. The second-order valence-corrected chi connectivity index (χ2v) is 9.13. The maximum Gasteiger partial charge on any atom is 0.250 e. The van der Waals surface area contributed by atoms with Gasteiger partial charge in [-0.1, -0.05) is 47.7 Å². The van der Waals surface area contributed by atoms with Crippen LogP contribution in [0, 0.1) is 6.92 Å². The molecule has 168 valence electrons. The molecule has 1 unspecified atom stereocenters. The minimum absolute atomic E-state index is 0.00521. The van der Waals surface area contributed by atoms with Crippen molar-refractivity contribution >= 4 is 21.7 Å². The molecule has 0 aliphatic rings. The summed E-state index contributed by atoms with van der Waals surface area (Å²) in [5.74, 6) is 0.176. The molecule has 0 spiro atoms. The van der Waals surface area contributed by atoms with Gasteiger partial charge in [-0.15, -0.1) is 5.10 Å². The Balaban J connectivity index is 1.63. The van der Waals surface area contributed by atoms with Crippen molar-refractivity contribution in [2.45, 2.75) is 24.3 Å². The minimum Gasteiger partial charge on any atom is -0.309 e. The van der Waals surface area contributed by atoms with Gasteiger partial charge in [0, 0.05) is 18.2 Å². The molecule has 4 rings (SSSR count). The number of hydrogen-bond acceptors (Lipinski definition) is 6. The van der Waals surface area contributed by atoms with E-state index in [-0.39, 0.29) is 10.8 Å². The summed E-state index contributed by atoms with van der Waals surface area (Å²) < 4.78 is 24.5. The molecule has 2 heterocycles. The molecule has 9 nitrogen and oxygen atoms in total. The van der Waals surface area contributed by atoms with Crippen molar-refractivity contribution < 1.29 is 13.2 Å². The number of nitrogens with two attached hydrogens (primary N) is 1. The van der Waals surface area contributed by atoms with Crippen LogP contribution in [0.1, 0.15) is 17.2 Å². The summed E-state index contributed by atoms with van der Waals surface area (Å²) in [7, 11) is -3.79. The average molecular weight is 463 g/mol. The lowest BCUT2D eigenvalue weighted by atomic mass is 10.1. The number of carbonyl (C=O) groups excluding carboxylic acids is 1. The van der Waals surface area contributed by atoms with Gasteiger partial charge in [-0.2, -0.15) is 0 Å². The Bertz CT molecular complexity index is 1370. The number of nitrogens with one attached hydrogen (secondary N) is 1. The van der Waals surface area contributed by atoms with Gasteiger partial charge < -0.3 is 5.32 Å². The molecule has 4 aromatic rings. The minimum atomic E-state index is -3.79. The Morgan fingerprint density at radius 2 is 1.82 bits per heavy atom. The number of anilines is 1. The average Bonchev–Trinajstić information content (AvgIpc) is 3.27. The lowest BCUT2D eigenvalue weighted by Gasteiger charge is -2.17. The zero-order valence-electron chi connectivity index (χ0n) is 17.8. The molecule has 0 saturated heterocycles. The van der Waals surface area contributed by atoms with E-state index in [2.05, 4.69) is 20.6 Å². The molecule has 2 aromatic carbocycles. The molecule has 10 heteroatoms. The molecular weight excluding hydrogens is 440 g/mol. The summed E-state index contributed by atoms with van der Waals surface area (Å²) in [5.41, 5.74) is 3.08. The van der Waals surface area contributed by atoms with E-state index >= 15 is 0 Å². The number of hydrogen-bond donors (Lipinski definition) is 2. The number of primary sulfonamides is 1. The van der Waals surface area contributed by atoms with Crippen LogP contribution in [-0.4, -0.2) is 34.3 Å². The molecule has 0 fully saturated rings. The van der Waals surface area contributed by atoms with Gasteiger partial charge in [-0.3, -0.25) is 4.79 Å². The van der Waals surface area contributed by atoms with Crippen LogP contribution < -0.4 is 10.5 Å². The summed E-state index contributed by atoms with van der Waals surface area (Å²) >= 11 is 0. The van der Waals surface area contributed by atoms with E-state index in [1.165, 1.54) is 16.8 Å². The number of aromatic nitrogens is 4. The molecule has 0 bridgehead atoms. The number of sulfonamides is 1. The Hall–Kier alpha value is -3.89.